The topological polar surface area (TPSA) is 374 Å². The maximum absolute atomic E-state index is 14.3. The van der Waals surface area contributed by atoms with Gasteiger partial charge >= 0.3 is 25.7 Å². The number of aliphatic hydroxyl groups is 10. The van der Waals surface area contributed by atoms with Crippen LogP contribution in [-0.4, -0.2) is 204 Å². The Morgan fingerprint density at radius 3 is 1.00 bits per heavy atom. The van der Waals surface area contributed by atoms with Crippen LogP contribution in [0.3, 0.4) is 0 Å². The number of hydrogen-bond acceptors (Lipinski definition) is 23. The van der Waals surface area contributed by atoms with Crippen molar-refractivity contribution in [3.05, 3.63) is 0 Å². The van der Waals surface area contributed by atoms with Gasteiger partial charge in [-0.3, -0.25) is 23.4 Å². The van der Waals surface area contributed by atoms with E-state index in [1.165, 1.54) is 167 Å². The van der Waals surface area contributed by atoms with Crippen LogP contribution in [0, 0.1) is 0 Å². The number of unbranched alkanes of at least 4 members (excludes halogenated alkanes) is 40. The third-order valence-electron chi connectivity index (χ3n) is 19.4. The molecule has 0 bridgehead atoms. The molecular formula is C73H137O24P. The number of ether oxygens (including phenoxy) is 7. The van der Waals surface area contributed by atoms with Gasteiger partial charge in [-0.1, -0.05) is 278 Å². The minimum absolute atomic E-state index is 0.0335. The van der Waals surface area contributed by atoms with E-state index in [1.54, 1.807) is 0 Å². The molecule has 98 heavy (non-hydrogen) atoms. The van der Waals surface area contributed by atoms with Gasteiger partial charge in [0.05, 0.1) is 13.2 Å². The first-order chi connectivity index (χ1) is 47.3. The van der Waals surface area contributed by atoms with Crippen molar-refractivity contribution in [1.29, 1.82) is 0 Å². The molecule has 18 atom stereocenters. The lowest BCUT2D eigenvalue weighted by atomic mass is 9.84. The fourth-order valence-corrected chi connectivity index (χ4v) is 14.0. The average molecular weight is 1430 g/mol. The lowest BCUT2D eigenvalue weighted by Crippen LogP contribution is -2.69. The second kappa shape index (κ2) is 55.4. The van der Waals surface area contributed by atoms with E-state index in [9.17, 15) is 74.9 Å². The number of aliphatic hydroxyl groups excluding tert-OH is 10. The third kappa shape index (κ3) is 38.1. The van der Waals surface area contributed by atoms with Crippen molar-refractivity contribution < 1.29 is 117 Å². The molecule has 0 aromatic heterocycles. The summed E-state index contributed by atoms with van der Waals surface area (Å²) in [5.74, 6) is -1.97. The quantitative estimate of drug-likeness (QED) is 0.0117. The van der Waals surface area contributed by atoms with Crippen LogP contribution in [-0.2, 0) is 61.2 Å². The van der Waals surface area contributed by atoms with E-state index in [0.717, 1.165) is 89.9 Å². The van der Waals surface area contributed by atoms with Crippen LogP contribution in [0.25, 0.3) is 0 Å². The lowest BCUT2D eigenvalue weighted by Gasteiger charge is -2.49. The Bertz CT molecular complexity index is 2030. The van der Waals surface area contributed by atoms with Gasteiger partial charge in [-0.15, -0.1) is 0 Å². The van der Waals surface area contributed by atoms with E-state index in [2.05, 4.69) is 20.8 Å². The molecule has 3 rings (SSSR count). The smallest absolute Gasteiger partial charge is 0.463 e. The minimum atomic E-state index is -5.69. The van der Waals surface area contributed by atoms with Crippen LogP contribution in [0.1, 0.15) is 316 Å². The van der Waals surface area contributed by atoms with Crippen molar-refractivity contribution in [1.82, 2.24) is 0 Å². The molecule has 0 aromatic rings. The zero-order valence-corrected chi connectivity index (χ0v) is 61.2. The van der Waals surface area contributed by atoms with Crippen LogP contribution >= 0.6 is 7.82 Å². The van der Waals surface area contributed by atoms with Crippen molar-refractivity contribution in [2.24, 2.45) is 0 Å². The molecule has 578 valence electrons. The predicted molar refractivity (Wildman–Crippen MR) is 370 cm³/mol. The Morgan fingerprint density at radius 1 is 0.357 bits per heavy atom. The highest BCUT2D eigenvalue weighted by Gasteiger charge is 2.58. The first kappa shape index (κ1) is 90.2. The predicted octanol–water partition coefficient (Wildman–Crippen LogP) is 11.0. The summed E-state index contributed by atoms with van der Waals surface area (Å²) in [6.07, 6.45) is 13.1. The first-order valence-corrected chi connectivity index (χ1v) is 40.3. The molecule has 11 N–H and O–H groups in total. The Morgan fingerprint density at radius 2 is 0.653 bits per heavy atom. The molecule has 2 saturated heterocycles. The zero-order valence-electron chi connectivity index (χ0n) is 60.3. The van der Waals surface area contributed by atoms with Crippen LogP contribution in [0.15, 0.2) is 0 Å². The molecule has 1 aliphatic carbocycles. The van der Waals surface area contributed by atoms with Crippen molar-refractivity contribution in [3.8, 4) is 0 Å². The third-order valence-corrected chi connectivity index (χ3v) is 20.4. The molecule has 0 radical (unpaired) electrons. The number of phosphoric acid groups is 1. The zero-order chi connectivity index (χ0) is 71.8. The number of phosphoric ester groups is 1. The molecule has 18 unspecified atom stereocenters. The summed E-state index contributed by atoms with van der Waals surface area (Å²) in [5.41, 5.74) is 0. The van der Waals surface area contributed by atoms with Crippen LogP contribution in [0.2, 0.25) is 0 Å². The van der Waals surface area contributed by atoms with Crippen molar-refractivity contribution >= 4 is 25.7 Å². The van der Waals surface area contributed by atoms with Gasteiger partial charge in [0.2, 0.25) is 0 Å². The van der Waals surface area contributed by atoms with Gasteiger partial charge in [0, 0.05) is 19.3 Å². The molecule has 25 heteroatoms. The summed E-state index contributed by atoms with van der Waals surface area (Å²) in [4.78, 5) is 51.0. The van der Waals surface area contributed by atoms with Crippen molar-refractivity contribution in [2.75, 3.05) is 26.4 Å². The van der Waals surface area contributed by atoms with Crippen molar-refractivity contribution in [3.63, 3.8) is 0 Å². The summed E-state index contributed by atoms with van der Waals surface area (Å²) in [6.45, 7) is 3.48. The normalized spacial score (nSPS) is 27.6. The van der Waals surface area contributed by atoms with Gasteiger partial charge in [-0.05, 0) is 19.3 Å². The van der Waals surface area contributed by atoms with Gasteiger partial charge in [-0.25, -0.2) is 4.57 Å². The average Bonchev–Trinajstić information content (AvgIpc) is 0.767. The van der Waals surface area contributed by atoms with Crippen LogP contribution in [0.4, 0.5) is 0 Å². The molecule has 3 fully saturated rings. The summed E-state index contributed by atoms with van der Waals surface area (Å²) in [5, 5.41) is 110. The highest BCUT2D eigenvalue weighted by atomic mass is 31.2. The Hall–Kier alpha value is -2.04. The molecule has 2 aliphatic heterocycles. The summed E-state index contributed by atoms with van der Waals surface area (Å²) < 4.78 is 65.1. The molecule has 0 amide bonds. The van der Waals surface area contributed by atoms with E-state index in [1.807, 2.05) is 0 Å². The van der Waals surface area contributed by atoms with Gasteiger partial charge in [-0.2, -0.15) is 0 Å². The Labute approximate surface area is 587 Å². The van der Waals surface area contributed by atoms with Gasteiger partial charge in [0.25, 0.3) is 0 Å². The molecule has 0 aromatic carbocycles. The summed E-state index contributed by atoms with van der Waals surface area (Å²) >= 11 is 0. The molecule has 2 heterocycles. The van der Waals surface area contributed by atoms with Gasteiger partial charge < -0.3 is 89.1 Å². The fourth-order valence-electron chi connectivity index (χ4n) is 13.1. The number of esters is 3. The van der Waals surface area contributed by atoms with Crippen molar-refractivity contribution in [2.45, 2.75) is 420 Å². The van der Waals surface area contributed by atoms with Gasteiger partial charge in [0.15, 0.2) is 18.7 Å². The van der Waals surface area contributed by atoms with Gasteiger partial charge in [0.1, 0.15) is 98.7 Å². The van der Waals surface area contributed by atoms with Crippen LogP contribution < -0.4 is 0 Å². The lowest BCUT2D eigenvalue weighted by molar-refractivity contribution is -0.360. The second-order valence-electron chi connectivity index (χ2n) is 28.1. The monoisotopic (exact) mass is 1430 g/mol. The standard InChI is InChI=1S/C73H137O24P/c1-4-7-10-13-16-19-22-25-27-28-29-31-34-35-38-41-44-47-57(75)89-51-54(92-59(77)49-46-43-40-37-32-24-21-18-15-12-9-6-3)52-91-98(87,88)97-71-69(95-72-67(85)62(80)60(78)55(50-74)93-72)65(83)64(82)66(84)70(71)96-73-68(86)63(81)61(79)56(94-73)53-90-58(76)48-45-42-39-36-33-30-26-23-20-17-14-11-8-5-2/h54-56,60-74,78-86H,4-53H2,1-3H3,(H,87,88). The number of rotatable bonds is 61. The molecule has 0 spiro atoms. The number of carbonyl (C=O) groups is 3. The molecular weight excluding hydrogens is 1290 g/mol. The summed E-state index contributed by atoms with van der Waals surface area (Å²) in [7, 11) is -5.69. The molecule has 24 nitrogen and oxygen atoms in total. The highest BCUT2D eigenvalue weighted by Crippen LogP contribution is 2.49. The Balaban J connectivity index is 1.71. The summed E-state index contributed by atoms with van der Waals surface area (Å²) in [6, 6.07) is 0. The highest BCUT2D eigenvalue weighted by molar-refractivity contribution is 7.47. The van der Waals surface area contributed by atoms with E-state index in [4.69, 9.17) is 42.2 Å². The second-order valence-corrected chi connectivity index (χ2v) is 29.5. The van der Waals surface area contributed by atoms with Crippen LogP contribution in [0.5, 0.6) is 0 Å². The first-order valence-electron chi connectivity index (χ1n) is 38.8. The maximum Gasteiger partial charge on any atom is 0.472 e. The molecule has 3 aliphatic rings. The maximum atomic E-state index is 14.3. The van der Waals surface area contributed by atoms with E-state index < -0.39 is 156 Å². The number of hydrogen-bond donors (Lipinski definition) is 11. The number of carbonyl (C=O) groups excluding carboxylic acids is 3. The van der Waals surface area contributed by atoms with E-state index >= 15 is 0 Å². The largest absolute Gasteiger partial charge is 0.472 e. The minimum Gasteiger partial charge on any atom is -0.463 e. The Kier molecular flexibility index (Phi) is 51.0. The fraction of sp³-hybridized carbons (Fsp3) is 0.959. The van der Waals surface area contributed by atoms with E-state index in [-0.39, 0.29) is 19.3 Å². The molecule has 1 saturated carbocycles. The van der Waals surface area contributed by atoms with E-state index in [0.29, 0.717) is 19.3 Å². The SMILES string of the molecule is CCCCCCCCCCCCCCCCCCCC(=O)OCC(COP(=O)(O)OC1C(OC2OC(CO)C(O)C(O)C2O)C(O)C(O)C(O)C1OC1OC(COC(=O)CCCCCCCCCCCCCCCC)C(O)C(O)C1O)OC(=O)CCCCCCCCCCCCCC.